The number of nitrogens with zero attached hydrogens (tertiary/aromatic N) is 2. The summed E-state index contributed by atoms with van der Waals surface area (Å²) >= 11 is 0. The molecule has 27 heavy (non-hydrogen) atoms. The van der Waals surface area contributed by atoms with Gasteiger partial charge < -0.3 is 13.3 Å². The van der Waals surface area contributed by atoms with Crippen molar-refractivity contribution in [3.05, 3.63) is 81.5 Å². The van der Waals surface area contributed by atoms with E-state index in [0.717, 1.165) is 0 Å². The van der Waals surface area contributed by atoms with Crippen LogP contribution in [-0.4, -0.2) is 9.97 Å². The van der Waals surface area contributed by atoms with Crippen molar-refractivity contribution < 1.29 is 13.3 Å². The molecule has 5 aromatic rings. The maximum absolute atomic E-state index is 12.1. The Balaban J connectivity index is 1.63. The summed E-state index contributed by atoms with van der Waals surface area (Å²) in [5.74, 6) is 0.525. The molecular weight excluding hydrogens is 348 g/mol. The molecule has 0 aliphatic carbocycles. The minimum absolute atomic E-state index is 0.0353. The summed E-state index contributed by atoms with van der Waals surface area (Å²) in [5, 5.41) is 0.769. The molecule has 5 rings (SSSR count). The third-order valence-corrected chi connectivity index (χ3v) is 4.10. The van der Waals surface area contributed by atoms with Crippen LogP contribution in [0.1, 0.15) is 0 Å². The van der Waals surface area contributed by atoms with Crippen LogP contribution in [-0.2, 0) is 0 Å². The number of rotatable bonds is 2. The molecule has 0 N–H and O–H groups in total. The number of fused-ring (bicyclic) bond motifs is 2. The highest BCUT2D eigenvalue weighted by Crippen LogP contribution is 2.27. The van der Waals surface area contributed by atoms with Gasteiger partial charge in [-0.1, -0.05) is 24.3 Å². The Bertz CT molecular complexity index is 1320. The summed E-state index contributed by atoms with van der Waals surface area (Å²) in [6.07, 6.45) is 0. The number of hydrogen-bond acceptors (Lipinski definition) is 7. The van der Waals surface area contributed by atoms with Crippen LogP contribution in [0.2, 0.25) is 0 Å². The molecule has 7 heteroatoms. The number of aromatic nitrogens is 2. The summed E-state index contributed by atoms with van der Waals surface area (Å²) in [7, 11) is 0. The Hall–Kier alpha value is -4.00. The summed E-state index contributed by atoms with van der Waals surface area (Å²) in [6.45, 7) is 0. The van der Waals surface area contributed by atoms with Gasteiger partial charge in [0.25, 0.3) is 11.8 Å². The van der Waals surface area contributed by atoms with E-state index in [0.29, 0.717) is 21.8 Å². The Labute approximate surface area is 150 Å². The maximum Gasteiger partial charge on any atom is 0.347 e. The highest BCUT2D eigenvalue weighted by atomic mass is 16.4. The molecule has 0 saturated carbocycles. The van der Waals surface area contributed by atoms with Crippen LogP contribution in [0, 0.1) is 0 Å². The van der Waals surface area contributed by atoms with Crippen molar-refractivity contribution >= 4 is 21.8 Å². The lowest BCUT2D eigenvalue weighted by Crippen LogP contribution is -2.02. The van der Waals surface area contributed by atoms with E-state index in [2.05, 4.69) is 9.97 Å². The molecule has 0 radical (unpaired) electrons. The quantitative estimate of drug-likeness (QED) is 0.475. The van der Waals surface area contributed by atoms with E-state index in [1.165, 1.54) is 0 Å². The van der Waals surface area contributed by atoms with Gasteiger partial charge in [0.05, 0.1) is 21.8 Å². The van der Waals surface area contributed by atoms with Gasteiger partial charge in [-0.15, -0.1) is 0 Å². The Morgan fingerprint density at radius 2 is 1.00 bits per heavy atom. The zero-order valence-corrected chi connectivity index (χ0v) is 13.7. The lowest BCUT2D eigenvalue weighted by Gasteiger charge is -1.99. The third-order valence-electron chi connectivity index (χ3n) is 4.10. The average Bonchev–Trinajstić information content (AvgIpc) is 3.18. The van der Waals surface area contributed by atoms with Crippen molar-refractivity contribution in [1.29, 1.82) is 0 Å². The SMILES string of the molecule is O=c1oc(-c2ccc(-c3nc4ccccc4c(=O)o3)o2)nc2ccccc12. The van der Waals surface area contributed by atoms with Crippen molar-refractivity contribution in [2.45, 2.75) is 0 Å². The van der Waals surface area contributed by atoms with Crippen molar-refractivity contribution in [2.75, 3.05) is 0 Å². The van der Waals surface area contributed by atoms with Crippen molar-refractivity contribution in [3.8, 4) is 23.3 Å². The Kier molecular flexibility index (Phi) is 3.26. The van der Waals surface area contributed by atoms with Gasteiger partial charge in [-0.2, -0.15) is 0 Å². The van der Waals surface area contributed by atoms with Gasteiger partial charge in [0.15, 0.2) is 11.5 Å². The second-order valence-electron chi connectivity index (χ2n) is 5.81. The van der Waals surface area contributed by atoms with Gasteiger partial charge in [-0.05, 0) is 36.4 Å². The van der Waals surface area contributed by atoms with Crippen LogP contribution in [0.25, 0.3) is 45.1 Å². The van der Waals surface area contributed by atoms with Crippen LogP contribution >= 0.6 is 0 Å². The second kappa shape index (κ2) is 5.77. The fourth-order valence-electron chi connectivity index (χ4n) is 2.82. The van der Waals surface area contributed by atoms with Gasteiger partial charge in [-0.25, -0.2) is 19.6 Å². The Morgan fingerprint density at radius 3 is 1.48 bits per heavy atom. The van der Waals surface area contributed by atoms with Crippen LogP contribution < -0.4 is 11.3 Å². The molecular formula is C20H10N2O5. The standard InChI is InChI=1S/C20H10N2O5/c23-19-11-5-1-3-7-13(11)21-17(26-19)15-9-10-16(25-15)18-22-14-8-4-2-6-12(14)20(24)27-18/h1-10H. The van der Waals surface area contributed by atoms with E-state index < -0.39 is 11.3 Å². The van der Waals surface area contributed by atoms with Gasteiger partial charge in [-0.3, -0.25) is 0 Å². The lowest BCUT2D eigenvalue weighted by molar-refractivity contribution is 0.465. The number of para-hydroxylation sites is 2. The predicted octanol–water partition coefficient (Wildman–Crippen LogP) is 3.62. The van der Waals surface area contributed by atoms with Crippen molar-refractivity contribution in [2.24, 2.45) is 0 Å². The van der Waals surface area contributed by atoms with Crippen LogP contribution in [0.15, 0.2) is 83.5 Å². The van der Waals surface area contributed by atoms with Gasteiger partial charge in [0, 0.05) is 0 Å². The molecule has 0 aliphatic heterocycles. The number of furan rings is 1. The molecule has 2 aromatic carbocycles. The molecule has 3 aromatic heterocycles. The van der Waals surface area contributed by atoms with E-state index >= 15 is 0 Å². The van der Waals surface area contributed by atoms with E-state index in [4.69, 9.17) is 13.3 Å². The lowest BCUT2D eigenvalue weighted by atomic mass is 10.2. The predicted molar refractivity (Wildman–Crippen MR) is 97.3 cm³/mol. The fourth-order valence-corrected chi connectivity index (χ4v) is 2.82. The maximum atomic E-state index is 12.1. The van der Waals surface area contributed by atoms with E-state index in [1.54, 1.807) is 60.7 Å². The molecule has 0 spiro atoms. The van der Waals surface area contributed by atoms with E-state index in [-0.39, 0.29) is 23.3 Å². The molecule has 130 valence electrons. The van der Waals surface area contributed by atoms with Crippen molar-refractivity contribution in [1.82, 2.24) is 9.97 Å². The zero-order chi connectivity index (χ0) is 18.4. The fraction of sp³-hybridized carbons (Fsp3) is 0. The largest absolute Gasteiger partial charge is 0.446 e. The normalized spacial score (nSPS) is 11.3. The monoisotopic (exact) mass is 358 g/mol. The summed E-state index contributed by atoms with van der Waals surface area (Å²) in [4.78, 5) is 32.9. The van der Waals surface area contributed by atoms with Crippen LogP contribution in [0.3, 0.4) is 0 Å². The van der Waals surface area contributed by atoms with Crippen LogP contribution in [0.5, 0.6) is 0 Å². The minimum Gasteiger partial charge on any atom is -0.446 e. The molecule has 0 aliphatic rings. The molecule has 7 nitrogen and oxygen atoms in total. The second-order valence-corrected chi connectivity index (χ2v) is 5.81. The summed E-state index contributed by atoms with van der Waals surface area (Å²) in [6, 6.07) is 16.9. The number of benzene rings is 2. The Morgan fingerprint density at radius 1 is 0.556 bits per heavy atom. The molecule has 0 bridgehead atoms. The first-order chi connectivity index (χ1) is 13.2. The zero-order valence-electron chi connectivity index (χ0n) is 13.7. The molecule has 0 atom stereocenters. The first kappa shape index (κ1) is 15.3. The highest BCUT2D eigenvalue weighted by molar-refractivity contribution is 5.79. The van der Waals surface area contributed by atoms with E-state index in [1.807, 2.05) is 0 Å². The van der Waals surface area contributed by atoms with Gasteiger partial charge >= 0.3 is 11.3 Å². The molecule has 3 heterocycles. The summed E-state index contributed by atoms with van der Waals surface area (Å²) in [5.41, 5.74) is -0.0260. The number of hydrogen-bond donors (Lipinski definition) is 0. The average molecular weight is 358 g/mol. The topological polar surface area (TPSA) is 99.3 Å². The minimum atomic E-state index is -0.510. The first-order valence-electron chi connectivity index (χ1n) is 8.09. The molecule has 0 amide bonds. The molecule has 0 fully saturated rings. The highest BCUT2D eigenvalue weighted by Gasteiger charge is 2.16. The molecule has 0 unspecified atom stereocenters. The molecule has 0 saturated heterocycles. The van der Waals surface area contributed by atoms with Gasteiger partial charge in [0.2, 0.25) is 0 Å². The third kappa shape index (κ3) is 2.53. The van der Waals surface area contributed by atoms with Crippen molar-refractivity contribution in [3.63, 3.8) is 0 Å². The first-order valence-corrected chi connectivity index (χ1v) is 8.09. The smallest absolute Gasteiger partial charge is 0.347 e. The summed E-state index contributed by atoms with van der Waals surface area (Å²) < 4.78 is 16.2. The van der Waals surface area contributed by atoms with Gasteiger partial charge in [0.1, 0.15) is 0 Å². The van der Waals surface area contributed by atoms with E-state index in [9.17, 15) is 9.59 Å². The van der Waals surface area contributed by atoms with Crippen LogP contribution in [0.4, 0.5) is 0 Å².